The molecule has 0 saturated carbocycles. The van der Waals surface area contributed by atoms with Crippen LogP contribution in [0.2, 0.25) is 0 Å². The topological polar surface area (TPSA) is 67.2 Å². The molecule has 1 unspecified atom stereocenters. The Kier molecular flexibility index (Phi) is 4.28. The summed E-state index contributed by atoms with van der Waals surface area (Å²) in [7, 11) is 1.56. The summed E-state index contributed by atoms with van der Waals surface area (Å²) >= 11 is 0. The molecule has 1 atom stereocenters. The van der Waals surface area contributed by atoms with Crippen LogP contribution in [0.15, 0.2) is 66.7 Å². The van der Waals surface area contributed by atoms with E-state index in [1.807, 2.05) is 36.4 Å². The highest BCUT2D eigenvalue weighted by atomic mass is 19.1. The van der Waals surface area contributed by atoms with Crippen molar-refractivity contribution in [2.24, 2.45) is 7.05 Å². The molecule has 1 saturated heterocycles. The molecule has 6 nitrogen and oxygen atoms in total. The molecule has 1 N–H and O–H groups in total. The van der Waals surface area contributed by atoms with Gasteiger partial charge in [-0.1, -0.05) is 42.5 Å². The maximum absolute atomic E-state index is 13.6. The van der Waals surface area contributed by atoms with E-state index in [0.29, 0.717) is 5.56 Å². The van der Waals surface area contributed by atoms with E-state index in [9.17, 15) is 18.4 Å². The van der Waals surface area contributed by atoms with E-state index >= 15 is 0 Å². The monoisotopic (exact) mass is 418 g/mol. The van der Waals surface area contributed by atoms with Crippen LogP contribution < -0.4 is 10.2 Å². The number of imide groups is 1. The molecule has 0 radical (unpaired) electrons. The number of hydrogen-bond acceptors (Lipinski definition) is 3. The zero-order valence-corrected chi connectivity index (χ0v) is 16.3. The van der Waals surface area contributed by atoms with Crippen LogP contribution in [0.1, 0.15) is 11.6 Å². The number of halogens is 2. The predicted octanol–water partition coefficient (Wildman–Crippen LogP) is 4.32. The van der Waals surface area contributed by atoms with Gasteiger partial charge in [0.1, 0.15) is 23.5 Å². The summed E-state index contributed by atoms with van der Waals surface area (Å²) in [4.78, 5) is 27.0. The summed E-state index contributed by atoms with van der Waals surface area (Å²) in [5.74, 6) is -1.74. The average molecular weight is 418 g/mol. The number of hydrogen-bond donors (Lipinski definition) is 1. The number of carbonyl (C=O) groups is 2. The first-order valence-electron chi connectivity index (χ1n) is 9.55. The number of carbonyl (C=O) groups excluding carboxylic acids is 2. The standard InChI is InChI=1S/C23H16F2N4O2/c1-28-20(12-19(27-28)14-9-15(24)11-16(25)10-14)29-22(30)21(26-23(29)31)18-8-4-6-13-5-2-3-7-17(13)18/h2-12,21H,1H3,(H,26,31). The lowest BCUT2D eigenvalue weighted by molar-refractivity contribution is -0.118. The Hall–Kier alpha value is -4.07. The van der Waals surface area contributed by atoms with Gasteiger partial charge in [-0.15, -0.1) is 0 Å². The number of nitrogens with one attached hydrogen (secondary N) is 1. The van der Waals surface area contributed by atoms with Crippen molar-refractivity contribution in [3.63, 3.8) is 0 Å². The molecule has 4 aromatic rings. The van der Waals surface area contributed by atoms with E-state index in [4.69, 9.17) is 0 Å². The highest BCUT2D eigenvalue weighted by Crippen LogP contribution is 2.33. The Balaban J connectivity index is 1.54. The Morgan fingerprint density at radius 1 is 0.935 bits per heavy atom. The maximum Gasteiger partial charge on any atom is 0.330 e. The Labute approximate surface area is 175 Å². The van der Waals surface area contributed by atoms with E-state index in [1.54, 1.807) is 13.1 Å². The van der Waals surface area contributed by atoms with Crippen LogP contribution in [0.3, 0.4) is 0 Å². The Morgan fingerprint density at radius 2 is 1.65 bits per heavy atom. The van der Waals surface area contributed by atoms with Gasteiger partial charge in [0.2, 0.25) is 0 Å². The summed E-state index contributed by atoms with van der Waals surface area (Å²) in [5, 5.41) is 8.79. The maximum atomic E-state index is 13.6. The third-order valence-corrected chi connectivity index (χ3v) is 5.32. The highest BCUT2D eigenvalue weighted by molar-refractivity contribution is 6.21. The van der Waals surface area contributed by atoms with Gasteiger partial charge in [-0.25, -0.2) is 18.5 Å². The minimum Gasteiger partial charge on any atom is -0.321 e. The number of anilines is 1. The number of benzene rings is 3. The normalized spacial score (nSPS) is 16.2. The number of aromatic nitrogens is 2. The van der Waals surface area contributed by atoms with Gasteiger partial charge in [0.25, 0.3) is 5.91 Å². The molecule has 3 aromatic carbocycles. The minimum atomic E-state index is -0.858. The summed E-state index contributed by atoms with van der Waals surface area (Å²) in [6, 6.07) is 16.2. The Morgan fingerprint density at radius 3 is 2.42 bits per heavy atom. The molecule has 31 heavy (non-hydrogen) atoms. The van der Waals surface area contributed by atoms with Crippen LogP contribution in [-0.2, 0) is 11.8 Å². The smallest absolute Gasteiger partial charge is 0.321 e. The average Bonchev–Trinajstić information content (AvgIpc) is 3.25. The molecule has 5 rings (SSSR count). The molecule has 1 fully saturated rings. The van der Waals surface area contributed by atoms with Gasteiger partial charge in [-0.2, -0.15) is 5.10 Å². The van der Waals surface area contributed by atoms with Crippen molar-refractivity contribution in [1.29, 1.82) is 0 Å². The second-order valence-corrected chi connectivity index (χ2v) is 7.29. The van der Waals surface area contributed by atoms with Gasteiger partial charge in [0.15, 0.2) is 0 Å². The summed E-state index contributed by atoms with van der Waals surface area (Å²) in [6.07, 6.45) is 0. The van der Waals surface area contributed by atoms with Crippen molar-refractivity contribution in [3.8, 4) is 11.3 Å². The van der Waals surface area contributed by atoms with Crippen LogP contribution in [0, 0.1) is 11.6 Å². The highest BCUT2D eigenvalue weighted by Gasteiger charge is 2.42. The molecular weight excluding hydrogens is 402 g/mol. The van der Waals surface area contributed by atoms with Crippen LogP contribution in [-0.4, -0.2) is 21.7 Å². The van der Waals surface area contributed by atoms with Gasteiger partial charge >= 0.3 is 6.03 Å². The predicted molar refractivity (Wildman–Crippen MR) is 111 cm³/mol. The minimum absolute atomic E-state index is 0.199. The third kappa shape index (κ3) is 3.13. The van der Waals surface area contributed by atoms with E-state index < -0.39 is 29.6 Å². The number of amides is 3. The first-order chi connectivity index (χ1) is 14.9. The molecular formula is C23H16F2N4O2. The van der Waals surface area contributed by atoms with Crippen molar-refractivity contribution in [2.75, 3.05) is 4.90 Å². The van der Waals surface area contributed by atoms with Crippen molar-refractivity contribution in [2.45, 2.75) is 6.04 Å². The van der Waals surface area contributed by atoms with Crippen molar-refractivity contribution >= 4 is 28.5 Å². The summed E-state index contributed by atoms with van der Waals surface area (Å²) in [6.45, 7) is 0. The molecule has 8 heteroatoms. The van der Waals surface area contributed by atoms with E-state index in [1.165, 1.54) is 10.7 Å². The quantitative estimate of drug-likeness (QED) is 0.504. The number of urea groups is 1. The summed E-state index contributed by atoms with van der Waals surface area (Å²) < 4.78 is 28.6. The molecule has 2 heterocycles. The van der Waals surface area contributed by atoms with Gasteiger partial charge in [-0.3, -0.25) is 9.48 Å². The molecule has 0 aliphatic carbocycles. The van der Waals surface area contributed by atoms with Gasteiger partial charge in [-0.05, 0) is 28.5 Å². The lowest BCUT2D eigenvalue weighted by Crippen LogP contribution is -2.32. The fourth-order valence-corrected chi connectivity index (χ4v) is 3.92. The van der Waals surface area contributed by atoms with E-state index in [2.05, 4.69) is 10.4 Å². The third-order valence-electron chi connectivity index (χ3n) is 5.32. The fraction of sp³-hybridized carbons (Fsp3) is 0.0870. The number of rotatable bonds is 3. The zero-order chi connectivity index (χ0) is 21.7. The second-order valence-electron chi connectivity index (χ2n) is 7.29. The lowest BCUT2D eigenvalue weighted by atomic mass is 9.99. The van der Waals surface area contributed by atoms with Crippen molar-refractivity contribution < 1.29 is 18.4 Å². The van der Waals surface area contributed by atoms with Crippen LogP contribution in [0.4, 0.5) is 19.4 Å². The molecule has 0 bridgehead atoms. The SMILES string of the molecule is Cn1nc(-c2cc(F)cc(F)c2)cc1N1C(=O)NC(c2cccc3ccccc23)C1=O. The van der Waals surface area contributed by atoms with Crippen LogP contribution in [0.5, 0.6) is 0 Å². The van der Waals surface area contributed by atoms with E-state index in [0.717, 1.165) is 33.9 Å². The lowest BCUT2D eigenvalue weighted by Gasteiger charge is -2.14. The molecule has 1 aromatic heterocycles. The first kappa shape index (κ1) is 18.9. The largest absolute Gasteiger partial charge is 0.330 e. The zero-order valence-electron chi connectivity index (χ0n) is 16.3. The number of aryl methyl sites for hydroxylation is 1. The second kappa shape index (κ2) is 7.02. The van der Waals surface area contributed by atoms with Crippen LogP contribution >= 0.6 is 0 Å². The molecule has 0 spiro atoms. The number of fused-ring (bicyclic) bond motifs is 1. The first-order valence-corrected chi connectivity index (χ1v) is 9.55. The molecule has 1 aliphatic heterocycles. The van der Waals surface area contributed by atoms with E-state index in [-0.39, 0.29) is 17.1 Å². The van der Waals surface area contributed by atoms with Gasteiger partial charge < -0.3 is 5.32 Å². The number of nitrogens with zero attached hydrogens (tertiary/aromatic N) is 3. The van der Waals surface area contributed by atoms with Gasteiger partial charge in [0, 0.05) is 24.7 Å². The molecule has 154 valence electrons. The van der Waals surface area contributed by atoms with Crippen molar-refractivity contribution in [1.82, 2.24) is 15.1 Å². The van der Waals surface area contributed by atoms with Gasteiger partial charge in [0.05, 0.1) is 5.69 Å². The fourth-order valence-electron chi connectivity index (χ4n) is 3.92. The Bertz CT molecular complexity index is 1340. The molecule has 3 amide bonds. The molecule has 1 aliphatic rings. The van der Waals surface area contributed by atoms with Crippen molar-refractivity contribution in [3.05, 3.63) is 83.9 Å². The summed E-state index contributed by atoms with van der Waals surface area (Å²) in [5.41, 5.74) is 1.13. The van der Waals surface area contributed by atoms with Crippen LogP contribution in [0.25, 0.3) is 22.0 Å².